The summed E-state index contributed by atoms with van der Waals surface area (Å²) in [6, 6.07) is 9.51. The van der Waals surface area contributed by atoms with Crippen LogP contribution < -0.4 is 10.1 Å². The number of carbonyl (C=O) groups excluding carboxylic acids is 1. The number of thiazole rings is 1. The molecule has 0 radical (unpaired) electrons. The Balaban J connectivity index is 1.72. The fraction of sp³-hybridized carbons (Fsp3) is 0.333. The monoisotopic (exact) mass is 515 g/mol. The van der Waals surface area contributed by atoms with Crippen LogP contribution in [0.4, 0.5) is 5.13 Å². The third-order valence-electron chi connectivity index (χ3n) is 4.44. The zero-order chi connectivity index (χ0) is 23.3. The maximum Gasteiger partial charge on any atom is 0.264 e. The molecular formula is C21H23Cl2N3O4S2. The minimum absolute atomic E-state index is 0.217. The first-order valence-electron chi connectivity index (χ1n) is 10.0. The molecule has 3 aromatic rings. The Morgan fingerprint density at radius 2 is 1.84 bits per heavy atom. The molecular weight excluding hydrogens is 493 g/mol. The van der Waals surface area contributed by atoms with Gasteiger partial charge in [-0.1, -0.05) is 48.4 Å². The third-order valence-corrected chi connectivity index (χ3v) is 7.80. The molecule has 32 heavy (non-hydrogen) atoms. The molecule has 0 saturated carbocycles. The lowest BCUT2D eigenvalue weighted by molar-refractivity contribution is -0.118. The average Bonchev–Trinajstić information content (AvgIpc) is 3.14. The second kappa shape index (κ2) is 10.8. The van der Waals surface area contributed by atoms with Crippen LogP contribution in [-0.4, -0.2) is 43.3 Å². The number of rotatable bonds is 10. The predicted octanol–water partition coefficient (Wildman–Crippen LogP) is 5.43. The Labute approximate surface area is 201 Å². The molecule has 1 aromatic heterocycles. The Hall–Kier alpha value is -1.91. The van der Waals surface area contributed by atoms with E-state index in [1.54, 1.807) is 30.3 Å². The number of amides is 1. The molecule has 0 aliphatic heterocycles. The van der Waals surface area contributed by atoms with Crippen LogP contribution in [0, 0.1) is 0 Å². The highest BCUT2D eigenvalue weighted by Gasteiger charge is 2.24. The van der Waals surface area contributed by atoms with Gasteiger partial charge >= 0.3 is 0 Å². The number of aromatic nitrogens is 1. The fourth-order valence-corrected chi connectivity index (χ4v) is 6.12. The van der Waals surface area contributed by atoms with Crippen molar-refractivity contribution in [1.29, 1.82) is 0 Å². The van der Waals surface area contributed by atoms with E-state index < -0.39 is 15.9 Å². The molecule has 3 rings (SSSR count). The minimum atomic E-state index is -3.59. The van der Waals surface area contributed by atoms with Crippen LogP contribution in [0.5, 0.6) is 5.75 Å². The number of nitrogens with one attached hydrogen (secondary N) is 1. The van der Waals surface area contributed by atoms with Crippen molar-refractivity contribution >= 4 is 65.8 Å². The number of benzene rings is 2. The number of fused-ring (bicyclic) bond motifs is 1. The van der Waals surface area contributed by atoms with Crippen molar-refractivity contribution in [2.75, 3.05) is 25.0 Å². The first kappa shape index (κ1) is 24.7. The number of ether oxygens (including phenoxy) is 1. The molecule has 0 unspecified atom stereocenters. The second-order valence-corrected chi connectivity index (χ2v) is 10.8. The first-order valence-corrected chi connectivity index (χ1v) is 13.0. The lowest BCUT2D eigenvalue weighted by atomic mass is 10.3. The van der Waals surface area contributed by atoms with Crippen LogP contribution in [0.1, 0.15) is 26.7 Å². The van der Waals surface area contributed by atoms with E-state index in [4.69, 9.17) is 27.9 Å². The Bertz CT molecular complexity index is 1210. The van der Waals surface area contributed by atoms with Crippen molar-refractivity contribution in [3.8, 4) is 5.75 Å². The van der Waals surface area contributed by atoms with E-state index >= 15 is 0 Å². The molecule has 172 valence electrons. The largest absolute Gasteiger partial charge is 0.482 e. The van der Waals surface area contributed by atoms with Gasteiger partial charge in [0.2, 0.25) is 10.0 Å². The summed E-state index contributed by atoms with van der Waals surface area (Å²) in [7, 11) is -3.59. The van der Waals surface area contributed by atoms with Gasteiger partial charge in [0.15, 0.2) is 11.7 Å². The lowest BCUT2D eigenvalue weighted by Gasteiger charge is -2.20. The maximum absolute atomic E-state index is 13.0. The zero-order valence-corrected chi connectivity index (χ0v) is 20.7. The maximum atomic E-state index is 13.0. The Morgan fingerprint density at radius 3 is 2.50 bits per heavy atom. The van der Waals surface area contributed by atoms with Crippen molar-refractivity contribution in [3.63, 3.8) is 0 Å². The molecule has 0 bridgehead atoms. The van der Waals surface area contributed by atoms with Crippen LogP contribution in [0.2, 0.25) is 10.0 Å². The van der Waals surface area contributed by atoms with Gasteiger partial charge in [-0.05, 0) is 49.2 Å². The fourth-order valence-electron chi connectivity index (χ4n) is 3.01. The highest BCUT2D eigenvalue weighted by atomic mass is 35.5. The molecule has 1 N–H and O–H groups in total. The van der Waals surface area contributed by atoms with Gasteiger partial charge in [-0.2, -0.15) is 4.31 Å². The van der Waals surface area contributed by atoms with E-state index in [1.807, 2.05) is 13.8 Å². The van der Waals surface area contributed by atoms with Gasteiger partial charge in [-0.15, -0.1) is 0 Å². The van der Waals surface area contributed by atoms with Crippen molar-refractivity contribution in [1.82, 2.24) is 9.29 Å². The van der Waals surface area contributed by atoms with Crippen LogP contribution in [0.25, 0.3) is 10.2 Å². The van der Waals surface area contributed by atoms with Gasteiger partial charge in [0.1, 0.15) is 5.75 Å². The number of anilines is 1. The summed E-state index contributed by atoms with van der Waals surface area (Å²) in [6.45, 7) is 4.57. The van der Waals surface area contributed by atoms with Crippen LogP contribution >= 0.6 is 34.5 Å². The van der Waals surface area contributed by atoms with E-state index in [2.05, 4.69) is 10.3 Å². The van der Waals surface area contributed by atoms with Crippen LogP contribution in [0.15, 0.2) is 41.3 Å². The molecule has 0 spiro atoms. The number of hydrogen-bond acceptors (Lipinski definition) is 6. The van der Waals surface area contributed by atoms with Gasteiger partial charge in [0.05, 0.1) is 20.1 Å². The number of hydrogen-bond donors (Lipinski definition) is 1. The van der Waals surface area contributed by atoms with Crippen molar-refractivity contribution in [2.24, 2.45) is 0 Å². The quantitative estimate of drug-likeness (QED) is 0.388. The van der Waals surface area contributed by atoms with Gasteiger partial charge in [-0.25, -0.2) is 13.4 Å². The molecule has 0 aliphatic rings. The van der Waals surface area contributed by atoms with Gasteiger partial charge in [0, 0.05) is 18.1 Å². The molecule has 2 aromatic carbocycles. The van der Waals surface area contributed by atoms with Gasteiger partial charge in [0.25, 0.3) is 5.91 Å². The van der Waals surface area contributed by atoms with Crippen molar-refractivity contribution in [2.45, 2.75) is 31.6 Å². The summed E-state index contributed by atoms with van der Waals surface area (Å²) in [6.07, 6.45) is 1.48. The van der Waals surface area contributed by atoms with Crippen molar-refractivity contribution < 1.29 is 17.9 Å². The predicted molar refractivity (Wildman–Crippen MR) is 130 cm³/mol. The zero-order valence-electron chi connectivity index (χ0n) is 17.6. The van der Waals surface area contributed by atoms with Crippen LogP contribution in [-0.2, 0) is 14.8 Å². The summed E-state index contributed by atoms with van der Waals surface area (Å²) in [4.78, 5) is 16.8. The van der Waals surface area contributed by atoms with Gasteiger partial charge < -0.3 is 4.74 Å². The molecule has 0 atom stereocenters. The summed E-state index contributed by atoms with van der Waals surface area (Å²) < 4.78 is 33.6. The summed E-state index contributed by atoms with van der Waals surface area (Å²) in [5.74, 6) is -0.0749. The number of sulfonamides is 1. The van der Waals surface area contributed by atoms with E-state index in [0.717, 1.165) is 12.8 Å². The molecule has 0 fully saturated rings. The standard InChI is InChI=1S/C21H23Cl2N3O4S2/c1-3-9-26(10-4-2)32(28,29)15-6-7-17-19(12-15)31-21(24-17)25-20(27)13-30-18-8-5-14(22)11-16(18)23/h5-8,11-12H,3-4,9-10,13H2,1-2H3,(H,24,25,27). The first-order chi connectivity index (χ1) is 15.2. The van der Waals surface area contributed by atoms with Crippen LogP contribution in [0.3, 0.4) is 0 Å². The summed E-state index contributed by atoms with van der Waals surface area (Å²) in [5, 5.41) is 3.79. The molecule has 0 aliphatic carbocycles. The van der Waals surface area contributed by atoms with E-state index in [9.17, 15) is 13.2 Å². The normalized spacial score (nSPS) is 11.8. The van der Waals surface area contributed by atoms with Gasteiger partial charge in [-0.3, -0.25) is 10.1 Å². The Kier molecular flexibility index (Phi) is 8.35. The summed E-state index contributed by atoms with van der Waals surface area (Å²) >= 11 is 13.1. The molecule has 1 amide bonds. The smallest absolute Gasteiger partial charge is 0.264 e. The number of halogens is 2. The Morgan fingerprint density at radius 1 is 1.12 bits per heavy atom. The minimum Gasteiger partial charge on any atom is -0.482 e. The molecule has 0 saturated heterocycles. The average molecular weight is 516 g/mol. The highest BCUT2D eigenvalue weighted by molar-refractivity contribution is 7.89. The number of carbonyl (C=O) groups is 1. The van der Waals surface area contributed by atoms with E-state index in [0.29, 0.717) is 44.2 Å². The second-order valence-electron chi connectivity index (χ2n) is 6.96. The number of nitrogens with zero attached hydrogens (tertiary/aromatic N) is 2. The van der Waals surface area contributed by atoms with E-state index in [-0.39, 0.29) is 11.5 Å². The highest BCUT2D eigenvalue weighted by Crippen LogP contribution is 2.30. The third kappa shape index (κ3) is 5.90. The lowest BCUT2D eigenvalue weighted by Crippen LogP contribution is -2.32. The molecule has 7 nitrogen and oxygen atoms in total. The SMILES string of the molecule is CCCN(CCC)S(=O)(=O)c1ccc2nc(NC(=O)COc3ccc(Cl)cc3Cl)sc2c1. The molecule has 1 heterocycles. The summed E-state index contributed by atoms with van der Waals surface area (Å²) in [5.41, 5.74) is 0.600. The van der Waals surface area contributed by atoms with E-state index in [1.165, 1.54) is 21.7 Å². The molecule has 11 heteroatoms. The van der Waals surface area contributed by atoms with Crippen molar-refractivity contribution in [3.05, 3.63) is 46.4 Å². The topological polar surface area (TPSA) is 88.6 Å².